The van der Waals surface area contributed by atoms with Crippen LogP contribution in [0.25, 0.3) is 0 Å². The number of aliphatic carboxylic acids is 1. The van der Waals surface area contributed by atoms with E-state index in [4.69, 9.17) is 23.7 Å². The molecule has 0 saturated carbocycles. The minimum Gasteiger partial charge on any atom is -0.489 e. The van der Waals surface area contributed by atoms with Crippen LogP contribution < -0.4 is 9.47 Å². The smallest absolute Gasteiger partial charge is 0.323 e. The van der Waals surface area contributed by atoms with Crippen LogP contribution in [-0.4, -0.2) is 48.8 Å². The Balaban J connectivity index is 0.000000291. The minimum absolute atomic E-state index is 0.156. The molecule has 0 radical (unpaired) electrons. The van der Waals surface area contributed by atoms with Gasteiger partial charge in [0.25, 0.3) is 0 Å². The van der Waals surface area contributed by atoms with Crippen LogP contribution in [0.4, 0.5) is 0 Å². The number of rotatable bonds is 19. The fraction of sp³-hybridized carbons (Fsp3) is 0.364. The summed E-state index contributed by atoms with van der Waals surface area (Å²) in [6.45, 7) is 9.62. The molecule has 0 heterocycles. The van der Waals surface area contributed by atoms with Crippen LogP contribution in [0.3, 0.4) is 0 Å². The third-order valence-corrected chi connectivity index (χ3v) is 8.77. The van der Waals surface area contributed by atoms with Crippen molar-refractivity contribution in [3.63, 3.8) is 0 Å². The van der Waals surface area contributed by atoms with Gasteiger partial charge in [0, 0.05) is 0 Å². The quantitative estimate of drug-likeness (QED) is 0.0570. The minimum atomic E-state index is -1.56. The zero-order chi connectivity index (χ0) is 39.4. The second-order valence-corrected chi connectivity index (χ2v) is 13.0. The fourth-order valence-electron chi connectivity index (χ4n) is 5.31. The number of ether oxygens (including phenoxy) is 5. The molecule has 288 valence electrons. The third-order valence-electron chi connectivity index (χ3n) is 8.77. The van der Waals surface area contributed by atoms with Crippen LogP contribution in [0.5, 0.6) is 11.5 Å². The van der Waals surface area contributed by atoms with Gasteiger partial charge in [-0.3, -0.25) is 19.2 Å². The SMILES string of the molecule is CCOC(=O)C(C)(CCc1cccc(OCc2ccccc2)c1)C(=O)O.CCOC(=O)C(C)(CCc1cccc(OCc2ccccc2)c1)C(=O)OCC. The lowest BCUT2D eigenvalue weighted by atomic mass is 9.84. The van der Waals surface area contributed by atoms with Crippen molar-refractivity contribution in [2.75, 3.05) is 19.8 Å². The van der Waals surface area contributed by atoms with Crippen LogP contribution >= 0.6 is 0 Å². The van der Waals surface area contributed by atoms with E-state index in [1.165, 1.54) is 6.92 Å². The summed E-state index contributed by atoms with van der Waals surface area (Å²) in [5, 5.41) is 9.45. The van der Waals surface area contributed by atoms with Gasteiger partial charge in [-0.2, -0.15) is 0 Å². The number of benzene rings is 4. The average Bonchev–Trinajstić information content (AvgIpc) is 3.19. The fourth-order valence-corrected chi connectivity index (χ4v) is 5.31. The molecule has 0 spiro atoms. The largest absolute Gasteiger partial charge is 0.489 e. The maximum Gasteiger partial charge on any atom is 0.323 e. The first-order valence-electron chi connectivity index (χ1n) is 18.2. The molecular formula is C44H52O10. The van der Waals surface area contributed by atoms with Crippen molar-refractivity contribution in [1.82, 2.24) is 0 Å². The molecule has 10 heteroatoms. The second kappa shape index (κ2) is 21.8. The molecule has 4 aromatic rings. The van der Waals surface area contributed by atoms with E-state index in [0.29, 0.717) is 38.2 Å². The topological polar surface area (TPSA) is 135 Å². The molecule has 1 atom stereocenters. The molecule has 54 heavy (non-hydrogen) atoms. The first-order valence-corrected chi connectivity index (χ1v) is 18.2. The van der Waals surface area contributed by atoms with Crippen LogP contribution in [0.15, 0.2) is 109 Å². The van der Waals surface area contributed by atoms with Crippen molar-refractivity contribution >= 4 is 23.9 Å². The first kappa shape index (κ1) is 42.8. The van der Waals surface area contributed by atoms with Gasteiger partial charge in [0.2, 0.25) is 0 Å². The summed E-state index contributed by atoms with van der Waals surface area (Å²) >= 11 is 0. The highest BCUT2D eigenvalue weighted by atomic mass is 16.6. The number of carbonyl (C=O) groups is 4. The van der Waals surface area contributed by atoms with Gasteiger partial charge in [-0.1, -0.05) is 84.9 Å². The van der Waals surface area contributed by atoms with Gasteiger partial charge in [0.15, 0.2) is 10.8 Å². The summed E-state index contributed by atoms with van der Waals surface area (Å²) < 4.78 is 26.8. The molecule has 4 aromatic carbocycles. The number of carboxylic acid groups (broad SMARTS) is 1. The maximum atomic E-state index is 12.4. The predicted octanol–water partition coefficient (Wildman–Crippen LogP) is 8.18. The highest BCUT2D eigenvalue weighted by molar-refractivity contribution is 5.99. The highest BCUT2D eigenvalue weighted by Gasteiger charge is 2.44. The number of aryl methyl sites for hydroxylation is 2. The average molecular weight is 741 g/mol. The van der Waals surface area contributed by atoms with Crippen molar-refractivity contribution in [1.29, 1.82) is 0 Å². The highest BCUT2D eigenvalue weighted by Crippen LogP contribution is 2.29. The van der Waals surface area contributed by atoms with Crippen molar-refractivity contribution in [2.24, 2.45) is 10.8 Å². The molecule has 0 aliphatic rings. The molecular weight excluding hydrogens is 688 g/mol. The normalized spacial score (nSPS) is 11.9. The van der Waals surface area contributed by atoms with Crippen LogP contribution in [0.1, 0.15) is 69.7 Å². The molecule has 0 aromatic heterocycles. The Morgan fingerprint density at radius 3 is 1.22 bits per heavy atom. The van der Waals surface area contributed by atoms with E-state index < -0.39 is 34.7 Å². The monoisotopic (exact) mass is 740 g/mol. The van der Waals surface area contributed by atoms with Crippen molar-refractivity contribution in [2.45, 2.75) is 73.5 Å². The Hall–Kier alpha value is -5.64. The van der Waals surface area contributed by atoms with E-state index in [0.717, 1.165) is 28.0 Å². The zero-order valence-electron chi connectivity index (χ0n) is 31.9. The number of carboxylic acids is 1. The summed E-state index contributed by atoms with van der Waals surface area (Å²) in [6, 6.07) is 34.9. The summed E-state index contributed by atoms with van der Waals surface area (Å²) in [5.74, 6) is -1.53. The van der Waals surface area contributed by atoms with Gasteiger partial charge >= 0.3 is 23.9 Å². The van der Waals surface area contributed by atoms with Gasteiger partial charge in [-0.25, -0.2) is 0 Å². The van der Waals surface area contributed by atoms with Gasteiger partial charge in [-0.05, 0) is 107 Å². The summed E-state index contributed by atoms with van der Waals surface area (Å²) in [7, 11) is 0. The Morgan fingerprint density at radius 2 is 0.852 bits per heavy atom. The standard InChI is InChI=1S/C23H28O5.C21H24O5/c1-4-26-21(24)23(3,22(25)27-5-2)15-14-18-12-9-13-20(16-18)28-17-19-10-7-6-8-11-19;1-3-25-20(24)21(2,19(22)23)13-12-16-10-7-11-18(14-16)26-15-17-8-5-4-6-9-17/h6-13,16H,4-5,14-15,17H2,1-3H3;4-11,14H,3,12-13,15H2,1-2H3,(H,22,23). The zero-order valence-corrected chi connectivity index (χ0v) is 31.9. The lowest BCUT2D eigenvalue weighted by molar-refractivity contribution is -0.171. The molecule has 0 saturated heterocycles. The van der Waals surface area contributed by atoms with E-state index in [1.807, 2.05) is 109 Å². The lowest BCUT2D eigenvalue weighted by Crippen LogP contribution is -2.40. The molecule has 1 N–H and O–H groups in total. The summed E-state index contributed by atoms with van der Waals surface area (Å²) in [4.78, 5) is 48.3. The molecule has 0 aliphatic carbocycles. The van der Waals surface area contributed by atoms with E-state index in [1.54, 1.807) is 27.7 Å². The molecule has 0 aliphatic heterocycles. The molecule has 0 amide bonds. The number of hydrogen-bond acceptors (Lipinski definition) is 9. The lowest BCUT2D eigenvalue weighted by Gasteiger charge is -2.25. The Kier molecular flexibility index (Phi) is 17.3. The Bertz CT molecular complexity index is 1750. The van der Waals surface area contributed by atoms with Crippen LogP contribution in [0, 0.1) is 10.8 Å². The van der Waals surface area contributed by atoms with E-state index in [9.17, 15) is 24.3 Å². The van der Waals surface area contributed by atoms with Gasteiger partial charge < -0.3 is 28.8 Å². The molecule has 4 rings (SSSR count). The number of hydrogen-bond donors (Lipinski definition) is 1. The van der Waals surface area contributed by atoms with Gasteiger partial charge in [-0.15, -0.1) is 0 Å². The second-order valence-electron chi connectivity index (χ2n) is 13.0. The Labute approximate surface area is 318 Å². The molecule has 1 unspecified atom stereocenters. The summed E-state index contributed by atoms with van der Waals surface area (Å²) in [6.07, 6.45) is 1.41. The maximum absolute atomic E-state index is 12.4. The van der Waals surface area contributed by atoms with Gasteiger partial charge in [0.1, 0.15) is 24.7 Å². The first-order chi connectivity index (χ1) is 25.9. The van der Waals surface area contributed by atoms with Crippen molar-refractivity contribution < 1.29 is 48.0 Å². The van der Waals surface area contributed by atoms with E-state index in [2.05, 4.69) is 0 Å². The number of esters is 3. The van der Waals surface area contributed by atoms with E-state index >= 15 is 0 Å². The molecule has 0 fully saturated rings. The Morgan fingerprint density at radius 1 is 0.500 bits per heavy atom. The predicted molar refractivity (Wildman–Crippen MR) is 205 cm³/mol. The van der Waals surface area contributed by atoms with E-state index in [-0.39, 0.29) is 26.2 Å². The molecule has 0 bridgehead atoms. The van der Waals surface area contributed by atoms with Crippen molar-refractivity contribution in [3.05, 3.63) is 131 Å². The van der Waals surface area contributed by atoms with Crippen LogP contribution in [-0.2, 0) is 59.4 Å². The third kappa shape index (κ3) is 13.1. The van der Waals surface area contributed by atoms with Crippen molar-refractivity contribution in [3.8, 4) is 11.5 Å². The number of carbonyl (C=O) groups excluding carboxylic acids is 3. The summed E-state index contributed by atoms with van der Waals surface area (Å²) in [5.41, 5.74) is 1.16. The van der Waals surface area contributed by atoms with Crippen LogP contribution in [0.2, 0.25) is 0 Å². The molecule has 10 nitrogen and oxygen atoms in total. The van der Waals surface area contributed by atoms with Gasteiger partial charge in [0.05, 0.1) is 19.8 Å².